The first-order chi connectivity index (χ1) is 6.18. The summed E-state index contributed by atoms with van der Waals surface area (Å²) in [5.41, 5.74) is 0.466. The average molecular weight is 198 g/mol. The molecule has 6 heteroatoms. The number of aromatic carboxylic acids is 1. The largest absolute Gasteiger partial charge is 0.478 e. The van der Waals surface area contributed by atoms with Crippen molar-refractivity contribution in [1.29, 1.82) is 0 Å². The third-order valence-electron chi connectivity index (χ3n) is 1.57. The van der Waals surface area contributed by atoms with Gasteiger partial charge in [-0.3, -0.25) is 0 Å². The van der Waals surface area contributed by atoms with Crippen LogP contribution >= 0.6 is 11.6 Å². The van der Waals surface area contributed by atoms with Crippen LogP contribution in [0, 0.1) is 0 Å². The Kier molecular flexibility index (Phi) is 1.66. The summed E-state index contributed by atoms with van der Waals surface area (Å²) < 4.78 is 1.36. The van der Waals surface area contributed by atoms with Crippen LogP contribution in [0.1, 0.15) is 10.4 Å². The molecule has 0 saturated heterocycles. The molecule has 0 amide bonds. The van der Waals surface area contributed by atoms with Gasteiger partial charge in [-0.1, -0.05) is 11.6 Å². The summed E-state index contributed by atoms with van der Waals surface area (Å²) in [5.74, 6) is -1.12. The molecule has 2 aromatic heterocycles. The highest BCUT2D eigenvalue weighted by Crippen LogP contribution is 2.13. The van der Waals surface area contributed by atoms with E-state index < -0.39 is 5.97 Å². The van der Waals surface area contributed by atoms with Crippen molar-refractivity contribution in [2.24, 2.45) is 0 Å². The van der Waals surface area contributed by atoms with Gasteiger partial charge in [0, 0.05) is 12.3 Å². The molecule has 5 nitrogen and oxygen atoms in total. The molecule has 0 bridgehead atoms. The van der Waals surface area contributed by atoms with Crippen LogP contribution < -0.4 is 0 Å². The van der Waals surface area contributed by atoms with Crippen LogP contribution in [0.3, 0.4) is 0 Å². The molecule has 0 spiro atoms. The highest BCUT2D eigenvalue weighted by atomic mass is 35.5. The monoisotopic (exact) mass is 197 g/mol. The van der Waals surface area contributed by atoms with Crippen LogP contribution in [0.5, 0.6) is 0 Å². The van der Waals surface area contributed by atoms with Gasteiger partial charge < -0.3 is 5.11 Å². The number of halogens is 1. The van der Waals surface area contributed by atoms with Crippen LogP contribution in [-0.2, 0) is 0 Å². The lowest BCUT2D eigenvalue weighted by atomic mass is 10.3. The van der Waals surface area contributed by atoms with Crippen LogP contribution in [0.4, 0.5) is 0 Å². The molecule has 13 heavy (non-hydrogen) atoms. The zero-order chi connectivity index (χ0) is 9.42. The van der Waals surface area contributed by atoms with E-state index in [1.165, 1.54) is 16.9 Å². The zero-order valence-electron chi connectivity index (χ0n) is 6.31. The number of carboxylic acid groups (broad SMARTS) is 1. The number of carbonyl (C=O) groups is 1. The molecular weight excluding hydrogens is 194 g/mol. The van der Waals surface area contributed by atoms with E-state index in [9.17, 15) is 4.79 Å². The second-order valence-electron chi connectivity index (χ2n) is 2.38. The maximum atomic E-state index is 10.6. The van der Waals surface area contributed by atoms with Crippen LogP contribution in [0.25, 0.3) is 5.65 Å². The molecule has 1 N–H and O–H groups in total. The van der Waals surface area contributed by atoms with Gasteiger partial charge >= 0.3 is 5.97 Å². The number of nitrogens with zero attached hydrogens (tertiary/aromatic N) is 3. The number of aromatic nitrogens is 3. The maximum Gasteiger partial charge on any atom is 0.340 e. The third-order valence-corrected chi connectivity index (χ3v) is 1.85. The van der Waals surface area contributed by atoms with E-state index in [0.717, 1.165) is 0 Å². The summed E-state index contributed by atoms with van der Waals surface area (Å²) in [6.45, 7) is 0. The van der Waals surface area contributed by atoms with Crippen LogP contribution in [0.2, 0.25) is 5.15 Å². The smallest absolute Gasteiger partial charge is 0.340 e. The number of hydrogen-bond acceptors (Lipinski definition) is 3. The summed E-state index contributed by atoms with van der Waals surface area (Å²) in [5, 5.41) is 12.5. The molecule has 0 atom stereocenters. The van der Waals surface area contributed by atoms with Gasteiger partial charge in [-0.05, 0) is 0 Å². The lowest BCUT2D eigenvalue weighted by Crippen LogP contribution is -2.02. The standard InChI is InChI=1S/C7H4ClN3O2/c8-6-4(7(12)13)3-11-5(10-6)1-2-9-11/h1-3H,(H,12,13). The fraction of sp³-hybridized carbons (Fsp3) is 0. The summed E-state index contributed by atoms with van der Waals surface area (Å²) in [7, 11) is 0. The van der Waals surface area contributed by atoms with Crippen molar-refractivity contribution in [2.45, 2.75) is 0 Å². The number of carboxylic acids is 1. The first kappa shape index (κ1) is 8.00. The highest BCUT2D eigenvalue weighted by molar-refractivity contribution is 6.32. The van der Waals surface area contributed by atoms with Crippen molar-refractivity contribution < 1.29 is 9.90 Å². The summed E-state index contributed by atoms with van der Waals surface area (Å²) in [4.78, 5) is 14.5. The molecule has 0 saturated carbocycles. The average Bonchev–Trinajstić information content (AvgIpc) is 2.48. The van der Waals surface area contributed by atoms with Crippen molar-refractivity contribution in [2.75, 3.05) is 0 Å². The highest BCUT2D eigenvalue weighted by Gasteiger charge is 2.11. The molecule has 0 aliphatic rings. The number of hydrogen-bond donors (Lipinski definition) is 1. The lowest BCUT2D eigenvalue weighted by Gasteiger charge is -1.98. The van der Waals surface area contributed by atoms with E-state index in [0.29, 0.717) is 5.65 Å². The van der Waals surface area contributed by atoms with Gasteiger partial charge in [0.05, 0.1) is 6.20 Å². The Bertz CT molecular complexity index is 480. The van der Waals surface area contributed by atoms with Gasteiger partial charge in [0.15, 0.2) is 5.65 Å². The van der Waals surface area contributed by atoms with Gasteiger partial charge in [0.25, 0.3) is 0 Å². The summed E-state index contributed by atoms with van der Waals surface area (Å²) >= 11 is 5.62. The molecule has 0 unspecified atom stereocenters. The summed E-state index contributed by atoms with van der Waals surface area (Å²) in [6, 6.07) is 1.64. The molecule has 66 valence electrons. The van der Waals surface area contributed by atoms with E-state index in [2.05, 4.69) is 10.1 Å². The predicted octanol–water partition coefficient (Wildman–Crippen LogP) is 1.08. The molecule has 2 heterocycles. The van der Waals surface area contributed by atoms with Gasteiger partial charge in [-0.15, -0.1) is 0 Å². The molecule has 0 aliphatic carbocycles. The molecule has 0 aliphatic heterocycles. The Hall–Kier alpha value is -1.62. The Labute approximate surface area is 77.6 Å². The minimum Gasteiger partial charge on any atom is -0.478 e. The minimum atomic E-state index is -1.12. The fourth-order valence-corrected chi connectivity index (χ4v) is 1.19. The normalized spacial score (nSPS) is 10.5. The van der Waals surface area contributed by atoms with Crippen LogP contribution in [-0.4, -0.2) is 25.7 Å². The van der Waals surface area contributed by atoms with Crippen LogP contribution in [0.15, 0.2) is 18.5 Å². The second kappa shape index (κ2) is 2.70. The summed E-state index contributed by atoms with van der Waals surface area (Å²) in [6.07, 6.45) is 2.84. The Balaban J connectivity index is 2.76. The van der Waals surface area contributed by atoms with Gasteiger partial charge in [0.2, 0.25) is 0 Å². The Morgan fingerprint density at radius 3 is 3.08 bits per heavy atom. The fourth-order valence-electron chi connectivity index (χ4n) is 0.975. The van der Waals surface area contributed by atoms with E-state index in [1.807, 2.05) is 0 Å². The molecular formula is C7H4ClN3O2. The van der Waals surface area contributed by atoms with Crippen molar-refractivity contribution in [3.63, 3.8) is 0 Å². The predicted molar refractivity (Wildman–Crippen MR) is 45.0 cm³/mol. The van der Waals surface area contributed by atoms with Crippen molar-refractivity contribution in [1.82, 2.24) is 14.6 Å². The third kappa shape index (κ3) is 1.23. The topological polar surface area (TPSA) is 67.5 Å². The number of fused-ring (bicyclic) bond motifs is 1. The SMILES string of the molecule is O=C(O)c1cn2nccc2nc1Cl. The molecule has 0 radical (unpaired) electrons. The second-order valence-corrected chi connectivity index (χ2v) is 2.74. The Morgan fingerprint density at radius 1 is 1.62 bits per heavy atom. The van der Waals surface area contributed by atoms with Gasteiger partial charge in [-0.2, -0.15) is 5.10 Å². The Morgan fingerprint density at radius 2 is 2.38 bits per heavy atom. The molecule has 2 rings (SSSR count). The molecule has 0 fully saturated rings. The first-order valence-electron chi connectivity index (χ1n) is 3.41. The van der Waals surface area contributed by atoms with E-state index in [-0.39, 0.29) is 10.7 Å². The van der Waals surface area contributed by atoms with Gasteiger partial charge in [0.1, 0.15) is 10.7 Å². The quantitative estimate of drug-likeness (QED) is 0.695. The van der Waals surface area contributed by atoms with Gasteiger partial charge in [-0.25, -0.2) is 14.3 Å². The van der Waals surface area contributed by atoms with E-state index >= 15 is 0 Å². The molecule has 2 aromatic rings. The van der Waals surface area contributed by atoms with E-state index in [4.69, 9.17) is 16.7 Å². The van der Waals surface area contributed by atoms with Crippen molar-refractivity contribution in [3.05, 3.63) is 29.2 Å². The zero-order valence-corrected chi connectivity index (χ0v) is 7.06. The first-order valence-corrected chi connectivity index (χ1v) is 3.79. The lowest BCUT2D eigenvalue weighted by molar-refractivity contribution is 0.0696. The van der Waals surface area contributed by atoms with Crippen molar-refractivity contribution in [3.8, 4) is 0 Å². The number of rotatable bonds is 1. The minimum absolute atomic E-state index is 0.0273. The van der Waals surface area contributed by atoms with E-state index in [1.54, 1.807) is 6.07 Å². The molecule has 0 aromatic carbocycles. The maximum absolute atomic E-state index is 10.6. The van der Waals surface area contributed by atoms with Crippen molar-refractivity contribution >= 4 is 23.2 Å².